The van der Waals surface area contributed by atoms with Gasteiger partial charge in [-0.2, -0.15) is 23.3 Å². The Labute approximate surface area is 219 Å². The van der Waals surface area contributed by atoms with Crippen molar-refractivity contribution >= 4 is 39.9 Å². The molecule has 0 atom stereocenters. The Balaban J connectivity index is 1.30. The summed E-state index contributed by atoms with van der Waals surface area (Å²) in [7, 11) is 1.70. The molecular formula is C25H22ClF3N8O. The molecule has 6 rings (SSSR count). The molecule has 1 aliphatic rings. The van der Waals surface area contributed by atoms with Crippen molar-refractivity contribution in [3.8, 4) is 11.5 Å². The molecule has 0 aliphatic carbocycles. The van der Waals surface area contributed by atoms with Crippen LogP contribution in [0, 0.1) is 0 Å². The number of anilines is 2. The summed E-state index contributed by atoms with van der Waals surface area (Å²) in [6.07, 6.45) is 5.42. The summed E-state index contributed by atoms with van der Waals surface area (Å²) in [6, 6.07) is 4.27. The maximum absolute atomic E-state index is 13.9. The summed E-state index contributed by atoms with van der Waals surface area (Å²) in [5, 5.41) is 7.45. The number of halogens is 4. The van der Waals surface area contributed by atoms with Crippen LogP contribution in [0.3, 0.4) is 0 Å². The number of pyridine rings is 1. The van der Waals surface area contributed by atoms with E-state index in [1.807, 2.05) is 4.90 Å². The molecule has 0 spiro atoms. The Kier molecular flexibility index (Phi) is 6.07. The first-order chi connectivity index (χ1) is 18.3. The highest BCUT2D eigenvalue weighted by Gasteiger charge is 2.34. The van der Waals surface area contributed by atoms with E-state index in [0.29, 0.717) is 22.4 Å². The van der Waals surface area contributed by atoms with E-state index in [1.54, 1.807) is 47.0 Å². The highest BCUT2D eigenvalue weighted by molar-refractivity contribution is 6.36. The maximum Gasteiger partial charge on any atom is 0.416 e. The second-order valence-corrected chi connectivity index (χ2v) is 9.48. The van der Waals surface area contributed by atoms with Crippen LogP contribution >= 0.6 is 11.6 Å². The number of nitrogens with zero attached hydrogens (tertiary/aromatic N) is 7. The molecule has 0 bridgehead atoms. The summed E-state index contributed by atoms with van der Waals surface area (Å²) in [5.74, 6) is 1.00. The molecule has 0 unspecified atom stereocenters. The van der Waals surface area contributed by atoms with Gasteiger partial charge in [-0.25, -0.2) is 9.50 Å². The summed E-state index contributed by atoms with van der Waals surface area (Å²) in [4.78, 5) is 14.9. The molecule has 0 amide bonds. The molecule has 1 N–H and O–H groups in total. The minimum atomic E-state index is -4.48. The van der Waals surface area contributed by atoms with E-state index < -0.39 is 11.7 Å². The average molecular weight is 543 g/mol. The van der Waals surface area contributed by atoms with Crippen molar-refractivity contribution in [3.05, 3.63) is 65.3 Å². The molecule has 0 radical (unpaired) electrons. The maximum atomic E-state index is 13.9. The Bertz CT molecular complexity index is 1640. The Hall–Kier alpha value is -3.90. The van der Waals surface area contributed by atoms with Crippen LogP contribution in [0.15, 0.2) is 49.2 Å². The van der Waals surface area contributed by atoms with E-state index in [9.17, 15) is 13.2 Å². The predicted octanol–water partition coefficient (Wildman–Crippen LogP) is 5.81. The first-order valence-electron chi connectivity index (χ1n) is 11.9. The zero-order valence-corrected chi connectivity index (χ0v) is 21.0. The van der Waals surface area contributed by atoms with E-state index >= 15 is 0 Å². The van der Waals surface area contributed by atoms with Gasteiger partial charge >= 0.3 is 6.18 Å². The van der Waals surface area contributed by atoms with Gasteiger partial charge in [0.25, 0.3) is 0 Å². The number of hydrogen-bond donors (Lipinski definition) is 1. The van der Waals surface area contributed by atoms with Crippen molar-refractivity contribution in [1.29, 1.82) is 0 Å². The number of ether oxygens (including phenoxy) is 1. The number of fused-ring (bicyclic) bond motifs is 2. The van der Waals surface area contributed by atoms with Crippen molar-refractivity contribution in [2.75, 3.05) is 18.4 Å². The third-order valence-corrected chi connectivity index (χ3v) is 6.94. The fourth-order valence-corrected chi connectivity index (χ4v) is 4.97. The zero-order valence-electron chi connectivity index (χ0n) is 20.2. The summed E-state index contributed by atoms with van der Waals surface area (Å²) in [5.41, 5.74) is 1.27. The lowest BCUT2D eigenvalue weighted by atomic mass is 10.1. The van der Waals surface area contributed by atoms with E-state index in [1.165, 1.54) is 12.3 Å². The highest BCUT2D eigenvalue weighted by atomic mass is 35.5. The summed E-state index contributed by atoms with van der Waals surface area (Å²) < 4.78 is 51.0. The minimum Gasteiger partial charge on any atom is -0.450 e. The number of alkyl halides is 3. The van der Waals surface area contributed by atoms with Crippen molar-refractivity contribution in [2.45, 2.75) is 25.6 Å². The number of imidazole rings is 1. The van der Waals surface area contributed by atoms with Crippen molar-refractivity contribution in [2.24, 2.45) is 7.05 Å². The second kappa shape index (κ2) is 9.44. The van der Waals surface area contributed by atoms with Gasteiger partial charge in [-0.1, -0.05) is 17.7 Å². The van der Waals surface area contributed by atoms with Crippen LogP contribution in [-0.4, -0.2) is 47.1 Å². The predicted molar refractivity (Wildman–Crippen MR) is 136 cm³/mol. The van der Waals surface area contributed by atoms with E-state index in [4.69, 9.17) is 16.3 Å². The van der Waals surface area contributed by atoms with Gasteiger partial charge in [0.05, 0.1) is 24.2 Å². The lowest BCUT2D eigenvalue weighted by Crippen LogP contribution is -2.21. The fraction of sp³-hybridized carbons (Fsp3) is 0.280. The van der Waals surface area contributed by atoms with Crippen LogP contribution in [0.2, 0.25) is 5.02 Å². The quantitative estimate of drug-likeness (QED) is 0.289. The van der Waals surface area contributed by atoms with Gasteiger partial charge in [0.2, 0.25) is 5.95 Å². The fourth-order valence-electron chi connectivity index (χ4n) is 4.67. The molecular weight excluding hydrogens is 521 g/mol. The number of aryl methyl sites for hydroxylation is 1. The normalized spacial score (nSPS) is 14.6. The number of likely N-dealkylation sites (tertiary alicyclic amines) is 1. The monoisotopic (exact) mass is 542 g/mol. The lowest BCUT2D eigenvalue weighted by Gasteiger charge is -2.20. The average Bonchev–Trinajstić information content (AvgIpc) is 3.62. The van der Waals surface area contributed by atoms with Gasteiger partial charge in [0, 0.05) is 31.7 Å². The van der Waals surface area contributed by atoms with Gasteiger partial charge in [-0.05, 0) is 43.6 Å². The molecule has 9 nitrogen and oxygen atoms in total. The number of hydrogen-bond acceptors (Lipinski definition) is 7. The molecule has 5 aromatic rings. The van der Waals surface area contributed by atoms with Gasteiger partial charge in [0.1, 0.15) is 16.1 Å². The van der Waals surface area contributed by atoms with Crippen LogP contribution in [0.1, 0.15) is 24.0 Å². The van der Waals surface area contributed by atoms with Gasteiger partial charge in [-0.15, -0.1) is 0 Å². The van der Waals surface area contributed by atoms with Crippen molar-refractivity contribution in [1.82, 2.24) is 34.0 Å². The van der Waals surface area contributed by atoms with Crippen molar-refractivity contribution < 1.29 is 17.9 Å². The van der Waals surface area contributed by atoms with E-state index in [2.05, 4.69) is 25.4 Å². The smallest absolute Gasteiger partial charge is 0.416 e. The largest absolute Gasteiger partial charge is 0.450 e. The molecule has 1 aromatic carbocycles. The van der Waals surface area contributed by atoms with Crippen LogP contribution < -0.4 is 10.1 Å². The number of nitrogens with one attached hydrogen (secondary N) is 1. The Morgan fingerprint density at radius 3 is 2.71 bits per heavy atom. The highest BCUT2D eigenvalue weighted by Crippen LogP contribution is 2.38. The van der Waals surface area contributed by atoms with Gasteiger partial charge in [-0.3, -0.25) is 9.88 Å². The topological polar surface area (TPSA) is 85.4 Å². The molecule has 1 saturated heterocycles. The molecule has 38 heavy (non-hydrogen) atoms. The molecule has 1 aliphatic heterocycles. The van der Waals surface area contributed by atoms with E-state index in [-0.39, 0.29) is 34.5 Å². The SMILES string of the molecule is Cn1c(Nc2ccc(CN3CCCC3)c(C(F)(F)F)c2)nc2ncc(Oc3cnn4ccncc34)c(Cl)c21. The second-order valence-electron chi connectivity index (χ2n) is 9.10. The summed E-state index contributed by atoms with van der Waals surface area (Å²) >= 11 is 6.67. The van der Waals surface area contributed by atoms with Crippen molar-refractivity contribution in [3.63, 3.8) is 0 Å². The van der Waals surface area contributed by atoms with Crippen LogP contribution in [0.25, 0.3) is 16.7 Å². The third kappa shape index (κ3) is 4.50. The minimum absolute atomic E-state index is 0.248. The molecule has 4 aromatic heterocycles. The van der Waals surface area contributed by atoms with Gasteiger partial charge in [0.15, 0.2) is 17.1 Å². The number of rotatable bonds is 6. The standard InChI is InChI=1S/C25H22ClF3N8O/c1-35-22-21(26)20(38-19-13-32-37-9-6-30-11-18(19)37)12-31-23(22)34-24(35)33-16-5-4-15(14-36-7-2-3-8-36)17(10-16)25(27,28)29/h4-6,9-13H,2-3,7-8,14H2,1H3,(H,31,33,34). The summed E-state index contributed by atoms with van der Waals surface area (Å²) in [6.45, 7) is 1.89. The van der Waals surface area contributed by atoms with Crippen LogP contribution in [0.5, 0.6) is 11.5 Å². The number of aromatic nitrogens is 6. The Morgan fingerprint density at radius 1 is 1.11 bits per heavy atom. The molecule has 13 heteroatoms. The number of benzene rings is 1. The molecule has 196 valence electrons. The Morgan fingerprint density at radius 2 is 1.92 bits per heavy atom. The lowest BCUT2D eigenvalue weighted by molar-refractivity contribution is -0.138. The van der Waals surface area contributed by atoms with E-state index in [0.717, 1.165) is 32.0 Å². The first-order valence-corrected chi connectivity index (χ1v) is 12.3. The first kappa shape index (κ1) is 24.4. The van der Waals surface area contributed by atoms with Crippen LogP contribution in [0.4, 0.5) is 24.8 Å². The molecule has 1 fully saturated rings. The third-order valence-electron chi connectivity index (χ3n) is 6.58. The zero-order chi connectivity index (χ0) is 26.4. The molecule has 5 heterocycles. The molecule has 0 saturated carbocycles. The van der Waals surface area contributed by atoms with Gasteiger partial charge < -0.3 is 14.6 Å². The van der Waals surface area contributed by atoms with Crippen LogP contribution in [-0.2, 0) is 19.8 Å².